The number of aryl methyl sites for hydroxylation is 1. The predicted molar refractivity (Wildman–Crippen MR) is 150 cm³/mol. The van der Waals surface area contributed by atoms with Gasteiger partial charge in [-0.25, -0.2) is 4.39 Å². The molecule has 1 aliphatic rings. The monoisotopic (exact) mass is 526 g/mol. The van der Waals surface area contributed by atoms with E-state index in [1.807, 2.05) is 39.1 Å². The lowest BCUT2D eigenvalue weighted by molar-refractivity contribution is 0.0948. The molecule has 0 unspecified atom stereocenters. The van der Waals surface area contributed by atoms with Gasteiger partial charge in [0.15, 0.2) is 5.75 Å². The highest BCUT2D eigenvalue weighted by Gasteiger charge is 2.30. The average Bonchev–Trinajstić information content (AvgIpc) is 3.71. The Kier molecular flexibility index (Phi) is 9.77. The van der Waals surface area contributed by atoms with E-state index in [0.717, 1.165) is 29.7 Å². The SMILES string of the molecule is CC.CNSCc1cccc(Oc2c(C(=O)NC3CC3)c(Nc3ccc(C)cc3F)n(C)c(=O)c2C)c1. The number of carbonyl (C=O) groups excluding carboxylic acids is 1. The molecule has 0 radical (unpaired) electrons. The highest BCUT2D eigenvalue weighted by atomic mass is 32.2. The normalized spacial score (nSPS) is 12.4. The van der Waals surface area contributed by atoms with E-state index in [9.17, 15) is 14.0 Å². The van der Waals surface area contributed by atoms with Gasteiger partial charge in [0.25, 0.3) is 11.5 Å². The van der Waals surface area contributed by atoms with Crippen molar-refractivity contribution in [2.24, 2.45) is 7.05 Å². The molecule has 0 bridgehead atoms. The van der Waals surface area contributed by atoms with Gasteiger partial charge in [-0.1, -0.05) is 44.0 Å². The van der Waals surface area contributed by atoms with Crippen molar-refractivity contribution in [3.05, 3.63) is 80.9 Å². The van der Waals surface area contributed by atoms with Crippen LogP contribution >= 0.6 is 11.9 Å². The first-order chi connectivity index (χ1) is 17.8. The number of nitrogens with zero attached hydrogens (tertiary/aromatic N) is 1. The van der Waals surface area contributed by atoms with Crippen molar-refractivity contribution in [3.8, 4) is 11.5 Å². The third kappa shape index (κ3) is 6.93. The number of amides is 1. The predicted octanol–water partition coefficient (Wildman–Crippen LogP) is 5.96. The molecule has 1 amide bonds. The topological polar surface area (TPSA) is 84.4 Å². The van der Waals surface area contributed by atoms with Crippen LogP contribution in [0.5, 0.6) is 11.5 Å². The van der Waals surface area contributed by atoms with E-state index >= 15 is 0 Å². The first-order valence-electron chi connectivity index (χ1n) is 12.4. The third-order valence-corrected chi connectivity index (χ3v) is 6.55. The molecule has 1 saturated carbocycles. The zero-order chi connectivity index (χ0) is 27.1. The van der Waals surface area contributed by atoms with Crippen molar-refractivity contribution in [2.45, 2.75) is 52.3 Å². The van der Waals surface area contributed by atoms with Crippen LogP contribution in [0.15, 0.2) is 47.3 Å². The maximum atomic E-state index is 14.7. The van der Waals surface area contributed by atoms with Gasteiger partial charge >= 0.3 is 0 Å². The summed E-state index contributed by atoms with van der Waals surface area (Å²) in [6, 6.07) is 12.3. The maximum absolute atomic E-state index is 14.7. The molecule has 1 aliphatic carbocycles. The Morgan fingerprint density at radius 1 is 1.16 bits per heavy atom. The molecule has 4 rings (SSSR count). The molecule has 37 heavy (non-hydrogen) atoms. The van der Waals surface area contributed by atoms with Gasteiger partial charge in [0, 0.05) is 18.8 Å². The number of aromatic nitrogens is 1. The molecule has 9 heteroatoms. The lowest BCUT2D eigenvalue weighted by Crippen LogP contribution is -2.31. The maximum Gasteiger partial charge on any atom is 0.259 e. The van der Waals surface area contributed by atoms with Gasteiger partial charge in [0.1, 0.15) is 22.9 Å². The minimum atomic E-state index is -0.483. The van der Waals surface area contributed by atoms with E-state index in [1.54, 1.807) is 51.0 Å². The number of hydrogen-bond donors (Lipinski definition) is 3. The number of rotatable bonds is 9. The van der Waals surface area contributed by atoms with Crippen LogP contribution < -0.4 is 25.7 Å². The summed E-state index contributed by atoms with van der Waals surface area (Å²) in [5, 5.41) is 5.96. The van der Waals surface area contributed by atoms with Crippen LogP contribution in [0.4, 0.5) is 15.9 Å². The first-order valence-corrected chi connectivity index (χ1v) is 13.4. The summed E-state index contributed by atoms with van der Waals surface area (Å²) in [5.41, 5.74) is 2.04. The van der Waals surface area contributed by atoms with Crippen molar-refractivity contribution < 1.29 is 13.9 Å². The van der Waals surface area contributed by atoms with Gasteiger partial charge in [-0.05, 0) is 69.1 Å². The molecule has 2 aromatic carbocycles. The van der Waals surface area contributed by atoms with Crippen LogP contribution in [0.25, 0.3) is 0 Å². The van der Waals surface area contributed by atoms with E-state index in [-0.39, 0.29) is 40.3 Å². The number of benzene rings is 2. The standard InChI is InChI=1S/C26H29FN4O3S.C2H6/c1-15-8-11-21(20(27)12-15)30-24-22(25(32)29-18-9-10-18)23(16(2)26(33)31(24)4)34-19-7-5-6-17(13-19)14-35-28-3;1-2/h5-8,11-13,18,28,30H,9-10,14H2,1-4H3,(H,29,32);1-2H3. The van der Waals surface area contributed by atoms with Crippen LogP contribution in [-0.2, 0) is 12.8 Å². The minimum Gasteiger partial charge on any atom is -0.456 e. The van der Waals surface area contributed by atoms with Crippen LogP contribution in [0.3, 0.4) is 0 Å². The minimum absolute atomic E-state index is 0.0822. The second kappa shape index (κ2) is 12.8. The Bertz CT molecular complexity index is 1320. The van der Waals surface area contributed by atoms with Gasteiger partial charge < -0.3 is 15.4 Å². The summed E-state index contributed by atoms with van der Waals surface area (Å²) in [5.74, 6) is 0.682. The van der Waals surface area contributed by atoms with E-state index < -0.39 is 5.82 Å². The van der Waals surface area contributed by atoms with Crippen LogP contribution in [-0.4, -0.2) is 23.6 Å². The van der Waals surface area contributed by atoms with E-state index in [4.69, 9.17) is 4.74 Å². The Labute approximate surface area is 221 Å². The lowest BCUT2D eigenvalue weighted by atomic mass is 10.1. The average molecular weight is 527 g/mol. The Morgan fingerprint density at radius 2 is 1.89 bits per heavy atom. The molecular weight excluding hydrogens is 491 g/mol. The molecule has 1 heterocycles. The van der Waals surface area contributed by atoms with Crippen molar-refractivity contribution >= 4 is 29.4 Å². The number of halogens is 1. The summed E-state index contributed by atoms with van der Waals surface area (Å²) in [6.45, 7) is 7.42. The zero-order valence-electron chi connectivity index (χ0n) is 22.2. The first kappa shape index (κ1) is 28.3. The van der Waals surface area contributed by atoms with E-state index in [0.29, 0.717) is 11.3 Å². The number of nitrogens with one attached hydrogen (secondary N) is 3. The summed E-state index contributed by atoms with van der Waals surface area (Å²) < 4.78 is 25.3. The number of hydrogen-bond acceptors (Lipinski definition) is 6. The van der Waals surface area contributed by atoms with Crippen molar-refractivity contribution in [1.82, 2.24) is 14.6 Å². The van der Waals surface area contributed by atoms with Gasteiger partial charge in [0.05, 0.1) is 11.3 Å². The van der Waals surface area contributed by atoms with Crippen molar-refractivity contribution in [1.29, 1.82) is 0 Å². The van der Waals surface area contributed by atoms with E-state index in [2.05, 4.69) is 15.4 Å². The molecular formula is C28H35FN4O3S. The lowest BCUT2D eigenvalue weighted by Gasteiger charge is -2.21. The van der Waals surface area contributed by atoms with Crippen molar-refractivity contribution in [2.75, 3.05) is 12.4 Å². The summed E-state index contributed by atoms with van der Waals surface area (Å²) in [7, 11) is 3.40. The fourth-order valence-electron chi connectivity index (χ4n) is 3.70. The Balaban J connectivity index is 0.00000186. The second-order valence-corrected chi connectivity index (χ2v) is 9.63. The molecule has 3 aromatic rings. The Hall–Kier alpha value is -3.30. The number of ether oxygens (including phenoxy) is 1. The molecule has 0 saturated heterocycles. The number of carbonyl (C=O) groups is 1. The van der Waals surface area contributed by atoms with Gasteiger partial charge in [-0.3, -0.25) is 18.9 Å². The number of pyridine rings is 1. The zero-order valence-corrected chi connectivity index (χ0v) is 23.0. The summed E-state index contributed by atoms with van der Waals surface area (Å²) >= 11 is 1.54. The summed E-state index contributed by atoms with van der Waals surface area (Å²) in [4.78, 5) is 26.6. The summed E-state index contributed by atoms with van der Waals surface area (Å²) in [6.07, 6.45) is 1.79. The highest BCUT2D eigenvalue weighted by molar-refractivity contribution is 7.96. The van der Waals surface area contributed by atoms with Crippen LogP contribution in [0.2, 0.25) is 0 Å². The molecule has 1 aromatic heterocycles. The van der Waals surface area contributed by atoms with Gasteiger partial charge in [-0.15, -0.1) is 0 Å². The molecule has 0 spiro atoms. The van der Waals surface area contributed by atoms with Crippen molar-refractivity contribution in [3.63, 3.8) is 0 Å². The smallest absolute Gasteiger partial charge is 0.259 e. The largest absolute Gasteiger partial charge is 0.456 e. The van der Waals surface area contributed by atoms with Gasteiger partial charge in [0.2, 0.25) is 0 Å². The molecule has 7 nitrogen and oxygen atoms in total. The molecule has 0 aliphatic heterocycles. The fraction of sp³-hybridized carbons (Fsp3) is 0.357. The second-order valence-electron chi connectivity index (χ2n) is 8.64. The molecule has 1 fully saturated rings. The molecule has 0 atom stereocenters. The van der Waals surface area contributed by atoms with Gasteiger partial charge in [-0.2, -0.15) is 0 Å². The van der Waals surface area contributed by atoms with Crippen LogP contribution in [0.1, 0.15) is 53.7 Å². The fourth-order valence-corrected chi connectivity index (χ4v) is 4.19. The quantitative estimate of drug-likeness (QED) is 0.298. The highest BCUT2D eigenvalue weighted by Crippen LogP contribution is 2.35. The number of anilines is 2. The molecule has 198 valence electrons. The Morgan fingerprint density at radius 3 is 2.54 bits per heavy atom. The third-order valence-electron chi connectivity index (χ3n) is 5.78. The van der Waals surface area contributed by atoms with Crippen LogP contribution in [0, 0.1) is 19.7 Å². The van der Waals surface area contributed by atoms with E-state index in [1.165, 1.54) is 10.6 Å². The molecule has 3 N–H and O–H groups in total.